The van der Waals surface area contributed by atoms with Gasteiger partial charge in [0.1, 0.15) is 5.78 Å². The highest BCUT2D eigenvalue weighted by molar-refractivity contribution is 6.20. The average molecular weight is 243 g/mol. The Morgan fingerprint density at radius 1 is 1.31 bits per heavy atom. The number of halogens is 1. The second-order valence-corrected chi connectivity index (χ2v) is 6.52. The van der Waals surface area contributed by atoms with Gasteiger partial charge in [-0.1, -0.05) is 0 Å². The summed E-state index contributed by atoms with van der Waals surface area (Å²) in [5, 5.41) is 10.3. The van der Waals surface area contributed by atoms with Crippen molar-refractivity contribution in [1.29, 1.82) is 0 Å². The lowest BCUT2D eigenvalue weighted by Gasteiger charge is -2.37. The molecule has 3 rings (SSSR count). The molecule has 0 aromatic heterocycles. The fraction of sp³-hybridized carbons (Fsp3) is 0.923. The Kier molecular flexibility index (Phi) is 2.56. The summed E-state index contributed by atoms with van der Waals surface area (Å²) in [7, 11) is 0. The minimum atomic E-state index is -0.254. The van der Waals surface area contributed by atoms with Gasteiger partial charge in [0.25, 0.3) is 0 Å². The molecule has 1 N–H and O–H groups in total. The number of hydrogen-bond donors (Lipinski definition) is 1. The van der Waals surface area contributed by atoms with Crippen molar-refractivity contribution in [3.05, 3.63) is 0 Å². The van der Waals surface area contributed by atoms with Crippen LogP contribution in [0.2, 0.25) is 0 Å². The van der Waals surface area contributed by atoms with Gasteiger partial charge in [-0.3, -0.25) is 4.79 Å². The molecule has 3 saturated carbocycles. The van der Waals surface area contributed by atoms with E-state index < -0.39 is 0 Å². The van der Waals surface area contributed by atoms with E-state index in [1.165, 1.54) is 0 Å². The summed E-state index contributed by atoms with van der Waals surface area (Å²) in [6.45, 7) is 2.05. The highest BCUT2D eigenvalue weighted by Crippen LogP contribution is 2.61. The molecule has 3 aliphatic rings. The summed E-state index contributed by atoms with van der Waals surface area (Å²) in [4.78, 5) is 12.0. The van der Waals surface area contributed by atoms with E-state index in [2.05, 4.69) is 0 Å². The molecule has 0 aliphatic heterocycles. The molecule has 3 aliphatic carbocycles. The Balaban J connectivity index is 1.94. The predicted molar refractivity (Wildman–Crippen MR) is 62.2 cm³/mol. The number of fused-ring (bicyclic) bond motifs is 5. The van der Waals surface area contributed by atoms with Crippen molar-refractivity contribution in [2.45, 2.75) is 44.1 Å². The molecule has 16 heavy (non-hydrogen) atoms. The van der Waals surface area contributed by atoms with E-state index >= 15 is 0 Å². The minimum absolute atomic E-state index is 0.133. The second-order valence-electron chi connectivity index (χ2n) is 5.84. The molecule has 3 heteroatoms. The van der Waals surface area contributed by atoms with Crippen molar-refractivity contribution in [3.63, 3.8) is 0 Å². The molecule has 1 unspecified atom stereocenters. The van der Waals surface area contributed by atoms with Gasteiger partial charge in [0.15, 0.2) is 0 Å². The van der Waals surface area contributed by atoms with Crippen molar-refractivity contribution in [3.8, 4) is 0 Å². The largest absolute Gasteiger partial charge is 0.393 e. The summed E-state index contributed by atoms with van der Waals surface area (Å²) in [6, 6.07) is 0. The van der Waals surface area contributed by atoms with Crippen LogP contribution in [0, 0.1) is 29.6 Å². The highest BCUT2D eigenvalue weighted by Gasteiger charge is 2.60. The van der Waals surface area contributed by atoms with Gasteiger partial charge in [-0.15, -0.1) is 11.6 Å². The molecule has 90 valence electrons. The molecule has 0 amide bonds. The van der Waals surface area contributed by atoms with Crippen LogP contribution < -0.4 is 0 Å². The van der Waals surface area contributed by atoms with E-state index in [0.29, 0.717) is 36.4 Å². The predicted octanol–water partition coefficient (Wildman–Crippen LogP) is 2.23. The van der Waals surface area contributed by atoms with Crippen LogP contribution in [-0.2, 0) is 4.79 Å². The van der Waals surface area contributed by atoms with Gasteiger partial charge in [-0.2, -0.15) is 0 Å². The van der Waals surface area contributed by atoms with Crippen LogP contribution in [0.5, 0.6) is 0 Å². The third-order valence-electron chi connectivity index (χ3n) is 5.23. The second kappa shape index (κ2) is 3.71. The first kappa shape index (κ1) is 11.0. The number of aliphatic hydroxyl groups excluding tert-OH is 1. The average Bonchev–Trinajstić information content (AvgIpc) is 2.79. The van der Waals surface area contributed by atoms with Gasteiger partial charge >= 0.3 is 0 Å². The topological polar surface area (TPSA) is 37.3 Å². The van der Waals surface area contributed by atoms with Crippen molar-refractivity contribution < 1.29 is 9.90 Å². The third-order valence-corrected chi connectivity index (χ3v) is 5.52. The van der Waals surface area contributed by atoms with E-state index in [4.69, 9.17) is 11.6 Å². The number of carbonyl (C=O) groups excluding carboxylic acids is 1. The van der Waals surface area contributed by atoms with Crippen LogP contribution in [0.3, 0.4) is 0 Å². The number of carbonyl (C=O) groups is 1. The number of hydrogen-bond acceptors (Lipinski definition) is 2. The molecule has 0 saturated heterocycles. The standard InChI is InChI=1S/C13H19ClO2/c1-6(14)11-7-2-3-8(11)13-10(16)5-4-9(15)12(7)13/h6-9,11-13,15H,2-5H2,1H3/t6?,7-,8+,9+,11-,12+,13+/m1/s1. The van der Waals surface area contributed by atoms with Crippen molar-refractivity contribution in [2.75, 3.05) is 0 Å². The van der Waals surface area contributed by atoms with Crippen molar-refractivity contribution in [1.82, 2.24) is 0 Å². The van der Waals surface area contributed by atoms with Crippen LogP contribution >= 0.6 is 11.6 Å². The molecular weight excluding hydrogens is 224 g/mol. The highest BCUT2D eigenvalue weighted by atomic mass is 35.5. The van der Waals surface area contributed by atoms with E-state index in [1.54, 1.807) is 0 Å². The van der Waals surface area contributed by atoms with Crippen LogP contribution in [0.1, 0.15) is 32.6 Å². The number of aliphatic hydroxyl groups is 1. The summed E-state index contributed by atoms with van der Waals surface area (Å²) < 4.78 is 0. The van der Waals surface area contributed by atoms with Gasteiger partial charge in [0.05, 0.1) is 6.10 Å². The normalized spacial score (nSPS) is 52.8. The monoisotopic (exact) mass is 242 g/mol. The van der Waals surface area contributed by atoms with Crippen LogP contribution in [0.25, 0.3) is 0 Å². The lowest BCUT2D eigenvalue weighted by molar-refractivity contribution is -0.133. The van der Waals surface area contributed by atoms with Crippen molar-refractivity contribution >= 4 is 17.4 Å². The van der Waals surface area contributed by atoms with E-state index in [-0.39, 0.29) is 23.3 Å². The number of ketones is 1. The van der Waals surface area contributed by atoms with Gasteiger partial charge in [0.2, 0.25) is 0 Å². The summed E-state index contributed by atoms with van der Waals surface area (Å²) in [6.07, 6.45) is 3.31. The lowest BCUT2D eigenvalue weighted by Crippen LogP contribution is -2.41. The fourth-order valence-corrected chi connectivity index (χ4v) is 5.19. The zero-order chi connectivity index (χ0) is 11.4. The van der Waals surface area contributed by atoms with Crippen LogP contribution in [0.4, 0.5) is 0 Å². The quantitative estimate of drug-likeness (QED) is 0.716. The minimum Gasteiger partial charge on any atom is -0.393 e. The summed E-state index contributed by atoms with van der Waals surface area (Å²) in [5.74, 6) is 2.18. The fourth-order valence-electron chi connectivity index (χ4n) is 4.82. The molecule has 7 atom stereocenters. The molecule has 0 spiro atoms. The zero-order valence-electron chi connectivity index (χ0n) is 9.60. The summed E-state index contributed by atoms with van der Waals surface area (Å²) in [5.41, 5.74) is 0. The first-order chi connectivity index (χ1) is 7.61. The first-order valence-electron chi connectivity index (χ1n) is 6.46. The Hall–Kier alpha value is -0.0800. The molecule has 3 fully saturated rings. The SMILES string of the molecule is CC(Cl)[C@H]1[C@@H]2CC[C@H]1[C@@H]1[C@@H]2C(=O)CC[C@@H]1O. The van der Waals surface area contributed by atoms with Gasteiger partial charge in [0, 0.05) is 17.7 Å². The van der Waals surface area contributed by atoms with E-state index in [1.807, 2.05) is 6.92 Å². The smallest absolute Gasteiger partial charge is 0.136 e. The molecule has 2 bridgehead atoms. The molecule has 0 aromatic rings. The Morgan fingerprint density at radius 3 is 2.62 bits per heavy atom. The maximum Gasteiger partial charge on any atom is 0.136 e. The third kappa shape index (κ3) is 1.32. The molecule has 2 nitrogen and oxygen atoms in total. The van der Waals surface area contributed by atoms with Gasteiger partial charge in [-0.05, 0) is 49.9 Å². The Morgan fingerprint density at radius 2 is 2.00 bits per heavy atom. The molecule has 0 radical (unpaired) electrons. The van der Waals surface area contributed by atoms with Crippen molar-refractivity contribution in [2.24, 2.45) is 29.6 Å². The van der Waals surface area contributed by atoms with Gasteiger partial charge < -0.3 is 5.11 Å². The van der Waals surface area contributed by atoms with Crippen LogP contribution in [0.15, 0.2) is 0 Å². The Bertz CT molecular complexity index is 315. The molecular formula is C13H19ClO2. The lowest BCUT2D eigenvalue weighted by atomic mass is 9.69. The molecule has 0 heterocycles. The van der Waals surface area contributed by atoms with Crippen LogP contribution in [-0.4, -0.2) is 22.4 Å². The van der Waals surface area contributed by atoms with E-state index in [9.17, 15) is 9.90 Å². The van der Waals surface area contributed by atoms with E-state index in [0.717, 1.165) is 12.8 Å². The number of Topliss-reactive ketones (excluding diaryl/α,β-unsaturated/α-hetero) is 1. The number of alkyl halides is 1. The summed E-state index contributed by atoms with van der Waals surface area (Å²) >= 11 is 6.28. The maximum absolute atomic E-state index is 12.0. The molecule has 0 aromatic carbocycles. The number of rotatable bonds is 1. The maximum atomic E-state index is 12.0. The first-order valence-corrected chi connectivity index (χ1v) is 6.89. The van der Waals surface area contributed by atoms with Gasteiger partial charge in [-0.25, -0.2) is 0 Å². The Labute approximate surface area is 101 Å². The zero-order valence-corrected chi connectivity index (χ0v) is 10.4.